The van der Waals surface area contributed by atoms with E-state index in [9.17, 15) is 8.42 Å². The molecule has 0 bridgehead atoms. The second kappa shape index (κ2) is 11.9. The molecule has 0 fully saturated rings. The van der Waals surface area contributed by atoms with Gasteiger partial charge in [-0.3, -0.25) is 0 Å². The molecule has 3 aromatic rings. The quantitative estimate of drug-likeness (QED) is 0.399. The summed E-state index contributed by atoms with van der Waals surface area (Å²) in [5.74, 6) is -0.163. The lowest BCUT2D eigenvalue weighted by atomic mass is 9.89. The van der Waals surface area contributed by atoms with Gasteiger partial charge in [-0.25, -0.2) is 13.1 Å². The molecule has 3 aromatic carbocycles. The maximum Gasteiger partial charge on any atom is 0.216 e. The molecule has 2 atom stereocenters. The molecule has 0 radical (unpaired) electrons. The Kier molecular flexibility index (Phi) is 9.21. The maximum absolute atomic E-state index is 13.6. The lowest BCUT2D eigenvalue weighted by Gasteiger charge is -2.27. The average Bonchev–Trinajstić information content (AvgIpc) is 2.86. The summed E-state index contributed by atoms with van der Waals surface area (Å²) in [4.78, 5) is 0. The molecular weight excluding hydrogens is 460 g/mol. The molecule has 188 valence electrons. The highest BCUT2D eigenvalue weighted by Crippen LogP contribution is 2.32. The highest BCUT2D eigenvalue weighted by molar-refractivity contribution is 7.88. The van der Waals surface area contributed by atoms with Gasteiger partial charge in [0.25, 0.3) is 0 Å². The molecule has 35 heavy (non-hydrogen) atoms. The normalized spacial score (nSPS) is 13.5. The second-order valence-corrected chi connectivity index (χ2v) is 10.6. The van der Waals surface area contributed by atoms with Crippen LogP contribution in [0.5, 0.6) is 0 Å². The number of benzene rings is 3. The Morgan fingerprint density at radius 3 is 1.63 bits per heavy atom. The van der Waals surface area contributed by atoms with Crippen molar-refractivity contribution in [2.45, 2.75) is 51.8 Å². The topological polar surface area (TPSA) is 90.6 Å². The van der Waals surface area contributed by atoms with Gasteiger partial charge in [-0.15, -0.1) is 0 Å². The van der Waals surface area contributed by atoms with E-state index >= 15 is 0 Å². The van der Waals surface area contributed by atoms with Gasteiger partial charge in [0.05, 0.1) is 31.1 Å². The Bertz CT molecular complexity index is 1200. The van der Waals surface area contributed by atoms with Crippen LogP contribution in [-0.2, 0) is 38.5 Å². The van der Waals surface area contributed by atoms with E-state index in [1.54, 1.807) is 14.2 Å². The Morgan fingerprint density at radius 1 is 0.743 bits per heavy atom. The molecule has 0 aliphatic carbocycles. The zero-order valence-corrected chi connectivity index (χ0v) is 22.0. The molecule has 0 amide bonds. The van der Waals surface area contributed by atoms with Gasteiger partial charge < -0.3 is 15.2 Å². The minimum Gasteiger partial charge on any atom is -0.380 e. The maximum atomic E-state index is 13.6. The number of hydrogen-bond donors (Lipinski definition) is 2. The first-order valence-corrected chi connectivity index (χ1v) is 13.3. The molecule has 3 rings (SSSR count). The fourth-order valence-corrected chi connectivity index (χ4v) is 6.20. The van der Waals surface area contributed by atoms with E-state index in [-0.39, 0.29) is 5.75 Å². The van der Waals surface area contributed by atoms with Crippen LogP contribution in [0.4, 0.5) is 0 Å². The minimum atomic E-state index is -3.77. The molecule has 0 saturated heterocycles. The molecule has 0 aliphatic rings. The van der Waals surface area contributed by atoms with Crippen molar-refractivity contribution in [2.24, 2.45) is 5.73 Å². The van der Waals surface area contributed by atoms with E-state index in [4.69, 9.17) is 15.2 Å². The average molecular weight is 497 g/mol. The van der Waals surface area contributed by atoms with Gasteiger partial charge in [-0.1, -0.05) is 60.7 Å². The Hall–Kier alpha value is -2.55. The van der Waals surface area contributed by atoms with Crippen molar-refractivity contribution >= 4 is 10.0 Å². The van der Waals surface area contributed by atoms with Crippen LogP contribution >= 0.6 is 0 Å². The van der Waals surface area contributed by atoms with Crippen LogP contribution < -0.4 is 10.5 Å². The zero-order valence-electron chi connectivity index (χ0n) is 21.2. The smallest absolute Gasteiger partial charge is 0.216 e. The fraction of sp³-hybridized carbons (Fsp3) is 0.357. The second-order valence-electron chi connectivity index (χ2n) is 8.88. The standard InChI is InChI=1S/C28H36N2O4S/c1-19-24(16-33-4)20(2)26(21(3)25(19)17-34-5)18-35(31,32)30-28(23-14-10-7-11-15-23)27(29)22-12-8-6-9-13-22/h6-15,27-28,30H,16-18,29H2,1-5H3. The summed E-state index contributed by atoms with van der Waals surface area (Å²) < 4.78 is 41.0. The first-order chi connectivity index (χ1) is 16.7. The predicted octanol–water partition coefficient (Wildman–Crippen LogP) is 4.77. The summed E-state index contributed by atoms with van der Waals surface area (Å²) in [6, 6.07) is 17.8. The van der Waals surface area contributed by atoms with E-state index in [2.05, 4.69) is 4.72 Å². The summed E-state index contributed by atoms with van der Waals surface area (Å²) in [5, 5.41) is 0. The van der Waals surface area contributed by atoms with Crippen LogP contribution in [0.3, 0.4) is 0 Å². The van der Waals surface area contributed by atoms with Gasteiger partial charge in [0, 0.05) is 14.2 Å². The molecular formula is C28H36N2O4S. The third-order valence-electron chi connectivity index (χ3n) is 6.64. The monoisotopic (exact) mass is 496 g/mol. The van der Waals surface area contributed by atoms with Crippen molar-refractivity contribution in [3.05, 3.63) is 105 Å². The summed E-state index contributed by atoms with van der Waals surface area (Å²) in [6.45, 7) is 6.76. The van der Waals surface area contributed by atoms with Crippen LogP contribution in [0, 0.1) is 20.8 Å². The molecule has 0 saturated carbocycles. The molecule has 0 heterocycles. The fourth-order valence-electron chi connectivity index (χ4n) is 4.63. The van der Waals surface area contributed by atoms with Crippen LogP contribution in [0.15, 0.2) is 60.7 Å². The molecule has 0 aromatic heterocycles. The summed E-state index contributed by atoms with van der Waals surface area (Å²) in [5.41, 5.74) is 14.0. The number of ether oxygens (including phenoxy) is 2. The minimum absolute atomic E-state index is 0.163. The molecule has 7 heteroatoms. The highest BCUT2D eigenvalue weighted by Gasteiger charge is 2.28. The van der Waals surface area contributed by atoms with Crippen molar-refractivity contribution in [3.63, 3.8) is 0 Å². The van der Waals surface area contributed by atoms with Crippen LogP contribution in [-0.4, -0.2) is 22.6 Å². The van der Waals surface area contributed by atoms with Gasteiger partial charge in [-0.05, 0) is 65.3 Å². The van der Waals surface area contributed by atoms with E-state index < -0.39 is 22.1 Å². The van der Waals surface area contributed by atoms with Gasteiger partial charge in [0.15, 0.2) is 0 Å². The molecule has 0 aliphatic heterocycles. The van der Waals surface area contributed by atoms with Crippen LogP contribution in [0.25, 0.3) is 0 Å². The first-order valence-electron chi connectivity index (χ1n) is 11.6. The zero-order chi connectivity index (χ0) is 25.6. The number of methoxy groups -OCH3 is 2. The number of rotatable bonds is 11. The summed E-state index contributed by atoms with van der Waals surface area (Å²) >= 11 is 0. The van der Waals surface area contributed by atoms with E-state index in [1.807, 2.05) is 81.4 Å². The number of hydrogen-bond acceptors (Lipinski definition) is 5. The van der Waals surface area contributed by atoms with Gasteiger partial charge in [0.2, 0.25) is 10.0 Å². The SMILES string of the molecule is COCc1c(C)c(COC)c(C)c(CS(=O)(=O)NC(c2ccccc2)C(N)c2ccccc2)c1C. The number of nitrogens with two attached hydrogens (primary N) is 1. The van der Waals surface area contributed by atoms with E-state index in [1.165, 1.54) is 0 Å². The highest BCUT2D eigenvalue weighted by atomic mass is 32.2. The Balaban J connectivity index is 2.02. The predicted molar refractivity (Wildman–Crippen MR) is 140 cm³/mol. The molecule has 2 unspecified atom stereocenters. The Morgan fingerprint density at radius 2 is 1.17 bits per heavy atom. The molecule has 3 N–H and O–H groups in total. The Labute approximate surface area is 209 Å². The van der Waals surface area contributed by atoms with Crippen molar-refractivity contribution in [1.82, 2.24) is 4.72 Å². The van der Waals surface area contributed by atoms with Crippen molar-refractivity contribution < 1.29 is 17.9 Å². The number of nitrogens with one attached hydrogen (secondary N) is 1. The van der Waals surface area contributed by atoms with E-state index in [0.717, 1.165) is 44.5 Å². The molecule has 6 nitrogen and oxygen atoms in total. The van der Waals surface area contributed by atoms with Gasteiger partial charge >= 0.3 is 0 Å². The van der Waals surface area contributed by atoms with Gasteiger partial charge in [-0.2, -0.15) is 0 Å². The van der Waals surface area contributed by atoms with Gasteiger partial charge in [0.1, 0.15) is 0 Å². The van der Waals surface area contributed by atoms with Crippen molar-refractivity contribution in [2.75, 3.05) is 14.2 Å². The molecule has 0 spiro atoms. The lowest BCUT2D eigenvalue weighted by molar-refractivity contribution is 0.178. The van der Waals surface area contributed by atoms with Crippen molar-refractivity contribution in [1.29, 1.82) is 0 Å². The third kappa shape index (κ3) is 6.37. The lowest BCUT2D eigenvalue weighted by Crippen LogP contribution is -2.37. The van der Waals surface area contributed by atoms with Crippen LogP contribution in [0.2, 0.25) is 0 Å². The first kappa shape index (κ1) is 27.0. The van der Waals surface area contributed by atoms with Crippen LogP contribution in [0.1, 0.15) is 56.6 Å². The number of sulfonamides is 1. The third-order valence-corrected chi connectivity index (χ3v) is 7.92. The summed E-state index contributed by atoms with van der Waals surface area (Å²) in [6.07, 6.45) is 0. The van der Waals surface area contributed by atoms with E-state index in [0.29, 0.717) is 13.2 Å². The largest absolute Gasteiger partial charge is 0.380 e. The van der Waals surface area contributed by atoms with Crippen molar-refractivity contribution in [3.8, 4) is 0 Å². The summed E-state index contributed by atoms with van der Waals surface area (Å²) in [7, 11) is -0.486.